The van der Waals surface area contributed by atoms with E-state index >= 15 is 0 Å². The molecule has 0 aliphatic rings. The van der Waals surface area contributed by atoms with Gasteiger partial charge in [0.2, 0.25) is 0 Å². The van der Waals surface area contributed by atoms with Crippen LogP contribution in [-0.4, -0.2) is 24.8 Å². The van der Waals surface area contributed by atoms with Gasteiger partial charge >= 0.3 is 12.4 Å². The van der Waals surface area contributed by atoms with Crippen molar-refractivity contribution in [2.45, 2.75) is 12.4 Å². The van der Waals surface area contributed by atoms with Crippen molar-refractivity contribution in [1.82, 2.24) is 24.8 Å². The lowest BCUT2D eigenvalue weighted by Gasteiger charge is -2.10. The minimum absolute atomic E-state index is 0.0222. The second-order valence-electron chi connectivity index (χ2n) is 6.39. The molecular weight excluding hydrogens is 448 g/mol. The fourth-order valence-corrected chi connectivity index (χ4v) is 2.93. The number of benzene rings is 2. The van der Waals surface area contributed by atoms with E-state index in [1.54, 1.807) is 30.5 Å². The Morgan fingerprint density at radius 2 is 1.39 bits per heavy atom. The van der Waals surface area contributed by atoms with Crippen molar-refractivity contribution < 1.29 is 26.3 Å². The number of hydrogen-bond acceptors (Lipinski definition) is 3. The Hall–Kier alpha value is -3.34. The van der Waals surface area contributed by atoms with Crippen LogP contribution < -0.4 is 0 Å². The van der Waals surface area contributed by atoms with Crippen LogP contribution >= 0.6 is 11.6 Å². The van der Waals surface area contributed by atoms with E-state index < -0.39 is 23.7 Å². The maximum atomic E-state index is 13.2. The van der Waals surface area contributed by atoms with Crippen molar-refractivity contribution in [3.8, 4) is 22.6 Å². The van der Waals surface area contributed by atoms with Gasteiger partial charge in [0, 0.05) is 16.7 Å². The minimum Gasteiger partial charge on any atom is -0.228 e. The number of nitrogens with zero attached hydrogens (tertiary/aromatic N) is 5. The SMILES string of the molecule is FC(F)(F)c1cc(C(F)(F)F)n(-c2ccc(-c3cn(-c4ccc(Cl)cc4)nn3)cc2)n1. The molecule has 0 aliphatic heterocycles. The zero-order chi connectivity index (χ0) is 22.4. The van der Waals surface area contributed by atoms with Crippen LogP contribution in [0.2, 0.25) is 5.02 Å². The Morgan fingerprint density at radius 3 is 1.97 bits per heavy atom. The molecule has 2 aromatic carbocycles. The summed E-state index contributed by atoms with van der Waals surface area (Å²) in [5, 5.41) is 11.6. The van der Waals surface area contributed by atoms with Gasteiger partial charge in [0.15, 0.2) is 5.69 Å². The van der Waals surface area contributed by atoms with Crippen LogP contribution in [0.25, 0.3) is 22.6 Å². The predicted octanol–water partition coefficient (Wildman–Crippen LogP) is 5.81. The van der Waals surface area contributed by atoms with Gasteiger partial charge in [0.1, 0.15) is 11.4 Å². The first-order valence-corrected chi connectivity index (χ1v) is 8.94. The summed E-state index contributed by atoms with van der Waals surface area (Å²) in [5.41, 5.74) is -1.74. The Labute approximate surface area is 175 Å². The van der Waals surface area contributed by atoms with Gasteiger partial charge in [0.25, 0.3) is 0 Å². The van der Waals surface area contributed by atoms with E-state index in [0.29, 0.717) is 22.0 Å². The van der Waals surface area contributed by atoms with Gasteiger partial charge < -0.3 is 0 Å². The molecule has 0 fully saturated rings. The van der Waals surface area contributed by atoms with E-state index in [1.165, 1.54) is 28.9 Å². The average Bonchev–Trinajstić information content (AvgIpc) is 3.36. The molecule has 12 heteroatoms. The minimum atomic E-state index is -5.02. The fraction of sp³-hybridized carbons (Fsp3) is 0.105. The second-order valence-corrected chi connectivity index (χ2v) is 6.83. The number of hydrogen-bond donors (Lipinski definition) is 0. The maximum Gasteiger partial charge on any atom is 0.435 e. The summed E-state index contributed by atoms with van der Waals surface area (Å²) in [6.07, 6.45) is -8.43. The number of aromatic nitrogens is 5. The van der Waals surface area contributed by atoms with E-state index in [4.69, 9.17) is 11.6 Å². The largest absolute Gasteiger partial charge is 0.435 e. The summed E-state index contributed by atoms with van der Waals surface area (Å²) >= 11 is 5.85. The monoisotopic (exact) mass is 457 g/mol. The van der Waals surface area contributed by atoms with Crippen molar-refractivity contribution in [1.29, 1.82) is 0 Å². The molecule has 0 spiro atoms. The quantitative estimate of drug-likeness (QED) is 0.365. The van der Waals surface area contributed by atoms with E-state index in [9.17, 15) is 26.3 Å². The van der Waals surface area contributed by atoms with Crippen LogP contribution in [0.5, 0.6) is 0 Å². The molecule has 0 atom stereocenters. The highest BCUT2D eigenvalue weighted by Gasteiger charge is 2.42. The van der Waals surface area contributed by atoms with Gasteiger partial charge in [-0.05, 0) is 36.4 Å². The third-order valence-corrected chi connectivity index (χ3v) is 4.53. The maximum absolute atomic E-state index is 13.2. The second kappa shape index (κ2) is 7.41. The summed E-state index contributed by atoms with van der Waals surface area (Å²) in [7, 11) is 0. The highest BCUT2D eigenvalue weighted by atomic mass is 35.5. The normalized spacial score (nSPS) is 12.4. The lowest BCUT2D eigenvalue weighted by atomic mass is 10.1. The van der Waals surface area contributed by atoms with E-state index in [2.05, 4.69) is 15.4 Å². The molecule has 5 nitrogen and oxygen atoms in total. The molecule has 4 rings (SSSR count). The summed E-state index contributed by atoms with van der Waals surface area (Å²) in [5.74, 6) is 0. The Balaban J connectivity index is 1.67. The van der Waals surface area contributed by atoms with Gasteiger partial charge in [-0.15, -0.1) is 5.10 Å². The molecule has 160 valence electrons. The first-order valence-electron chi connectivity index (χ1n) is 8.56. The molecule has 0 aliphatic carbocycles. The standard InChI is InChI=1S/C19H10ClF6N5/c20-12-3-7-13(8-4-12)30-10-15(27-29-30)11-1-5-14(6-2-11)31-17(19(24,25)26)9-16(28-31)18(21,22)23/h1-10H. The molecule has 0 saturated heterocycles. The number of alkyl halides is 6. The highest BCUT2D eigenvalue weighted by molar-refractivity contribution is 6.30. The molecule has 4 aromatic rings. The van der Waals surface area contributed by atoms with Crippen LogP contribution in [0.1, 0.15) is 11.4 Å². The van der Waals surface area contributed by atoms with Crippen LogP contribution in [0.15, 0.2) is 60.8 Å². The van der Waals surface area contributed by atoms with Gasteiger partial charge in [-0.25, -0.2) is 9.36 Å². The molecular formula is C19H10ClF6N5. The smallest absolute Gasteiger partial charge is 0.228 e. The molecule has 0 saturated carbocycles. The zero-order valence-corrected chi connectivity index (χ0v) is 15.9. The first kappa shape index (κ1) is 20.9. The average molecular weight is 458 g/mol. The van der Waals surface area contributed by atoms with Gasteiger partial charge in [-0.2, -0.15) is 31.4 Å². The zero-order valence-electron chi connectivity index (χ0n) is 15.2. The fourth-order valence-electron chi connectivity index (χ4n) is 2.81. The summed E-state index contributed by atoms with van der Waals surface area (Å²) in [6.45, 7) is 0. The van der Waals surface area contributed by atoms with Crippen molar-refractivity contribution in [2.75, 3.05) is 0 Å². The van der Waals surface area contributed by atoms with Crippen LogP contribution in [0, 0.1) is 0 Å². The van der Waals surface area contributed by atoms with Crippen molar-refractivity contribution in [3.63, 3.8) is 0 Å². The van der Waals surface area contributed by atoms with Gasteiger partial charge in [-0.3, -0.25) is 0 Å². The van der Waals surface area contributed by atoms with E-state index in [0.717, 1.165) is 0 Å². The Bertz CT molecular complexity index is 1210. The van der Waals surface area contributed by atoms with Crippen LogP contribution in [0.4, 0.5) is 26.3 Å². The third-order valence-electron chi connectivity index (χ3n) is 4.28. The molecule has 0 bridgehead atoms. The molecule has 2 aromatic heterocycles. The summed E-state index contributed by atoms with van der Waals surface area (Å²) in [4.78, 5) is 0. The van der Waals surface area contributed by atoms with Crippen LogP contribution in [0.3, 0.4) is 0 Å². The van der Waals surface area contributed by atoms with Crippen LogP contribution in [-0.2, 0) is 12.4 Å². The molecule has 0 radical (unpaired) electrons. The highest BCUT2D eigenvalue weighted by Crippen LogP contribution is 2.36. The molecule has 31 heavy (non-hydrogen) atoms. The van der Waals surface area contributed by atoms with Crippen molar-refractivity contribution in [3.05, 3.63) is 77.2 Å². The molecule has 0 N–H and O–H groups in total. The van der Waals surface area contributed by atoms with Crippen molar-refractivity contribution >= 4 is 11.6 Å². The molecule has 0 unspecified atom stereocenters. The molecule has 0 amide bonds. The third kappa shape index (κ3) is 4.26. The lowest BCUT2D eigenvalue weighted by Crippen LogP contribution is -2.13. The molecule has 2 heterocycles. The summed E-state index contributed by atoms with van der Waals surface area (Å²) in [6, 6.07) is 12.0. The Morgan fingerprint density at radius 1 is 0.774 bits per heavy atom. The lowest BCUT2D eigenvalue weighted by molar-refractivity contribution is -0.143. The van der Waals surface area contributed by atoms with E-state index in [-0.39, 0.29) is 16.4 Å². The van der Waals surface area contributed by atoms with Crippen molar-refractivity contribution in [2.24, 2.45) is 0 Å². The van der Waals surface area contributed by atoms with Gasteiger partial charge in [-0.1, -0.05) is 28.9 Å². The first-order chi connectivity index (χ1) is 14.5. The van der Waals surface area contributed by atoms with E-state index in [1.807, 2.05) is 0 Å². The van der Waals surface area contributed by atoms with Gasteiger partial charge in [0.05, 0.1) is 17.6 Å². The number of halogens is 7. The topological polar surface area (TPSA) is 48.5 Å². The Kier molecular flexibility index (Phi) is 5.00. The number of rotatable bonds is 3. The predicted molar refractivity (Wildman–Crippen MR) is 98.9 cm³/mol. The summed E-state index contributed by atoms with van der Waals surface area (Å²) < 4.78 is 79.9.